The van der Waals surface area contributed by atoms with Gasteiger partial charge in [-0.2, -0.15) is 8.42 Å². The summed E-state index contributed by atoms with van der Waals surface area (Å²) in [6.07, 6.45) is -2.58. The SMILES string of the molecule is CC[NH+](CC)CC.Nc1ncnc2c1ccn2[C@@H]1O[C@H](COS(=O)(=O)NC(=O)c2ccccc2[O-])[C@@H](O)[C@H]1O. The van der Waals surface area contributed by atoms with Crippen LogP contribution in [0.1, 0.15) is 37.4 Å². The van der Waals surface area contributed by atoms with Gasteiger partial charge in [-0.15, -0.1) is 0 Å². The predicted molar refractivity (Wildman–Crippen MR) is 139 cm³/mol. The zero-order chi connectivity index (χ0) is 28.7. The van der Waals surface area contributed by atoms with Gasteiger partial charge >= 0.3 is 10.3 Å². The highest BCUT2D eigenvalue weighted by atomic mass is 32.2. The zero-order valence-corrected chi connectivity index (χ0v) is 22.7. The summed E-state index contributed by atoms with van der Waals surface area (Å²) in [4.78, 5) is 21.7. The van der Waals surface area contributed by atoms with E-state index < -0.39 is 53.1 Å². The lowest BCUT2D eigenvalue weighted by Crippen LogP contribution is -3.11. The molecular formula is C24H34N6O8S. The average Bonchev–Trinajstić information content (AvgIpc) is 3.46. The first kappa shape index (κ1) is 30.2. The van der Waals surface area contributed by atoms with Crippen molar-refractivity contribution in [2.45, 2.75) is 45.3 Å². The number of amides is 1. The number of hydrogen-bond donors (Lipinski definition) is 5. The van der Waals surface area contributed by atoms with Crippen molar-refractivity contribution in [1.82, 2.24) is 19.3 Å². The molecule has 1 aromatic carbocycles. The lowest BCUT2D eigenvalue weighted by atomic mass is 10.1. The molecule has 214 valence electrons. The first-order valence-electron chi connectivity index (χ1n) is 12.4. The van der Waals surface area contributed by atoms with Gasteiger partial charge in [0.2, 0.25) is 0 Å². The summed E-state index contributed by atoms with van der Waals surface area (Å²) in [5.41, 5.74) is 5.74. The number of benzene rings is 1. The van der Waals surface area contributed by atoms with E-state index in [0.717, 1.165) is 12.1 Å². The Morgan fingerprint density at radius 1 is 1.15 bits per heavy atom. The summed E-state index contributed by atoms with van der Waals surface area (Å²) in [7, 11) is -4.64. The van der Waals surface area contributed by atoms with Gasteiger partial charge in [0, 0.05) is 11.8 Å². The monoisotopic (exact) mass is 566 g/mol. The molecule has 0 aliphatic carbocycles. The number of fused-ring (bicyclic) bond motifs is 1. The number of nitrogen functional groups attached to an aromatic ring is 1. The molecule has 14 nitrogen and oxygen atoms in total. The average molecular weight is 567 g/mol. The maximum Gasteiger partial charge on any atom is 0.362 e. The molecule has 39 heavy (non-hydrogen) atoms. The van der Waals surface area contributed by atoms with Gasteiger partial charge in [0.15, 0.2) is 6.23 Å². The Labute approximate surface area is 226 Å². The van der Waals surface area contributed by atoms with Crippen LogP contribution in [-0.4, -0.2) is 83.6 Å². The van der Waals surface area contributed by atoms with Crippen molar-refractivity contribution in [2.24, 2.45) is 0 Å². The Kier molecular flexibility index (Phi) is 10.2. The minimum atomic E-state index is -4.64. The fraction of sp³-hybridized carbons (Fsp3) is 0.458. The van der Waals surface area contributed by atoms with E-state index in [1.54, 1.807) is 15.7 Å². The van der Waals surface area contributed by atoms with Crippen LogP contribution in [0.3, 0.4) is 0 Å². The number of para-hydroxylation sites is 1. The third-order valence-electron chi connectivity index (χ3n) is 6.39. The predicted octanol–water partition coefficient (Wildman–Crippen LogP) is -1.67. The molecule has 3 aromatic rings. The topological polar surface area (TPSA) is 206 Å². The van der Waals surface area contributed by atoms with E-state index in [1.165, 1.54) is 48.9 Å². The quantitative estimate of drug-likeness (QED) is 0.198. The molecule has 3 heterocycles. The van der Waals surface area contributed by atoms with Crippen LogP contribution >= 0.6 is 0 Å². The normalized spacial score (nSPS) is 21.1. The second kappa shape index (κ2) is 13.1. The van der Waals surface area contributed by atoms with Gasteiger partial charge < -0.3 is 35.3 Å². The molecule has 6 N–H and O–H groups in total. The molecule has 0 radical (unpaired) electrons. The molecule has 2 aromatic heterocycles. The minimum absolute atomic E-state index is 0.211. The van der Waals surface area contributed by atoms with Gasteiger partial charge in [0.25, 0.3) is 5.91 Å². The van der Waals surface area contributed by atoms with Crippen molar-refractivity contribution >= 4 is 33.1 Å². The van der Waals surface area contributed by atoms with Gasteiger partial charge in [-0.3, -0.25) is 8.98 Å². The summed E-state index contributed by atoms with van der Waals surface area (Å²) in [6.45, 7) is 9.77. The second-order valence-electron chi connectivity index (χ2n) is 8.74. The van der Waals surface area contributed by atoms with E-state index in [9.17, 15) is 28.5 Å². The maximum absolute atomic E-state index is 12.1. The lowest BCUT2D eigenvalue weighted by molar-refractivity contribution is -0.894. The molecule has 1 aliphatic heterocycles. The molecule has 0 unspecified atom stereocenters. The Morgan fingerprint density at radius 2 is 1.82 bits per heavy atom. The number of quaternary nitrogens is 1. The number of hydrogen-bond acceptors (Lipinski definition) is 11. The molecule has 4 rings (SSSR count). The molecule has 1 saturated heterocycles. The Morgan fingerprint density at radius 3 is 2.44 bits per heavy atom. The molecule has 0 bridgehead atoms. The summed E-state index contributed by atoms with van der Waals surface area (Å²) in [5.74, 6) is -1.62. The summed E-state index contributed by atoms with van der Waals surface area (Å²) >= 11 is 0. The number of carbonyl (C=O) groups is 1. The van der Waals surface area contributed by atoms with Crippen LogP contribution in [0.5, 0.6) is 5.75 Å². The Balaban J connectivity index is 0.000000532. The maximum atomic E-state index is 12.1. The van der Waals surface area contributed by atoms with Gasteiger partial charge in [-0.05, 0) is 26.8 Å². The van der Waals surface area contributed by atoms with Crippen molar-refractivity contribution in [2.75, 3.05) is 32.0 Å². The lowest BCUT2D eigenvalue weighted by Gasteiger charge is -2.17. The van der Waals surface area contributed by atoms with Gasteiger partial charge in [0.1, 0.15) is 36.1 Å². The molecule has 4 atom stereocenters. The Bertz CT molecular complexity index is 1360. The number of aliphatic hydroxyl groups excluding tert-OH is 2. The van der Waals surface area contributed by atoms with Crippen LogP contribution in [0, 0.1) is 0 Å². The number of anilines is 1. The van der Waals surface area contributed by atoms with Crippen LogP contribution in [-0.2, 0) is 19.2 Å². The molecule has 0 spiro atoms. The van der Waals surface area contributed by atoms with Crippen molar-refractivity contribution in [1.29, 1.82) is 0 Å². The Hall–Kier alpha value is -3.34. The fourth-order valence-electron chi connectivity index (χ4n) is 4.05. The number of aromatic nitrogens is 3. The van der Waals surface area contributed by atoms with Crippen molar-refractivity contribution < 1.29 is 42.4 Å². The third kappa shape index (κ3) is 7.20. The number of rotatable bonds is 9. The third-order valence-corrected chi connectivity index (χ3v) is 7.27. The number of carbonyl (C=O) groups excluding carboxylic acids is 1. The number of nitrogens with one attached hydrogen (secondary N) is 2. The summed E-state index contributed by atoms with van der Waals surface area (Å²) in [6, 6.07) is 6.67. The highest BCUT2D eigenvalue weighted by Gasteiger charge is 2.45. The van der Waals surface area contributed by atoms with Crippen LogP contribution in [0.4, 0.5) is 5.82 Å². The van der Waals surface area contributed by atoms with E-state index in [0.29, 0.717) is 11.0 Å². The molecule has 1 aliphatic rings. The number of ether oxygens (including phenoxy) is 1. The largest absolute Gasteiger partial charge is 0.872 e. The van der Waals surface area contributed by atoms with E-state index in [4.69, 9.17) is 14.7 Å². The van der Waals surface area contributed by atoms with E-state index in [2.05, 4.69) is 30.7 Å². The first-order valence-corrected chi connectivity index (χ1v) is 13.8. The number of nitrogens with two attached hydrogens (primary N) is 1. The van der Waals surface area contributed by atoms with Crippen LogP contribution in [0.25, 0.3) is 11.0 Å². The molecule has 1 fully saturated rings. The summed E-state index contributed by atoms with van der Waals surface area (Å²) < 4.78 is 37.5. The van der Waals surface area contributed by atoms with E-state index in [1.807, 2.05) is 0 Å². The van der Waals surface area contributed by atoms with Crippen LogP contribution < -0.4 is 20.5 Å². The van der Waals surface area contributed by atoms with Crippen LogP contribution in [0.2, 0.25) is 0 Å². The second-order valence-corrected chi connectivity index (χ2v) is 10.1. The van der Waals surface area contributed by atoms with E-state index in [-0.39, 0.29) is 11.4 Å². The zero-order valence-electron chi connectivity index (χ0n) is 21.9. The minimum Gasteiger partial charge on any atom is -0.872 e. The smallest absolute Gasteiger partial charge is 0.362 e. The standard InChI is InChI=1S/C18H19N5O8S.C6H15N/c19-15-10-5-6-23(16(10)21-8-20-15)18-14(26)13(25)12(31-18)7-30-32(28,29)22-17(27)9-3-1-2-4-11(9)24;1-4-7(5-2)6-3/h1-6,8,12-14,18,24-26H,7H2,(H,22,27)(H2,19,20,21);4-6H2,1-3H3/t12-,13-,14-,18-;/m1./s1. The van der Waals surface area contributed by atoms with Gasteiger partial charge in [-0.25, -0.2) is 14.7 Å². The highest BCUT2D eigenvalue weighted by Crippen LogP contribution is 2.33. The molecule has 15 heteroatoms. The molecular weight excluding hydrogens is 532 g/mol. The summed E-state index contributed by atoms with van der Waals surface area (Å²) in [5, 5.41) is 32.9. The molecule has 1 amide bonds. The highest BCUT2D eigenvalue weighted by molar-refractivity contribution is 7.85. The molecule has 0 saturated carbocycles. The number of aliphatic hydroxyl groups is 2. The van der Waals surface area contributed by atoms with Gasteiger partial charge in [0.05, 0.1) is 31.6 Å². The number of nitrogens with zero attached hydrogens (tertiary/aromatic N) is 3. The van der Waals surface area contributed by atoms with Gasteiger partial charge in [-0.1, -0.05) is 30.0 Å². The van der Waals surface area contributed by atoms with Crippen molar-refractivity contribution in [3.05, 3.63) is 48.4 Å². The fourth-order valence-corrected chi connectivity index (χ4v) is 4.76. The van der Waals surface area contributed by atoms with Crippen LogP contribution in [0.15, 0.2) is 42.9 Å². The van der Waals surface area contributed by atoms with Crippen molar-refractivity contribution in [3.63, 3.8) is 0 Å². The van der Waals surface area contributed by atoms with E-state index >= 15 is 0 Å². The van der Waals surface area contributed by atoms with Crippen molar-refractivity contribution in [3.8, 4) is 5.75 Å². The first-order chi connectivity index (χ1) is 18.5.